The lowest BCUT2D eigenvalue weighted by atomic mass is 9.88. The summed E-state index contributed by atoms with van der Waals surface area (Å²) >= 11 is 3.48. The predicted octanol–water partition coefficient (Wildman–Crippen LogP) is 5.01. The third kappa shape index (κ3) is 5.22. The van der Waals surface area contributed by atoms with Crippen LogP contribution in [0.5, 0.6) is 0 Å². The second-order valence-electron chi connectivity index (χ2n) is 5.98. The van der Waals surface area contributed by atoms with Crippen LogP contribution >= 0.6 is 15.9 Å². The van der Waals surface area contributed by atoms with E-state index in [1.54, 1.807) is 0 Å². The molecule has 1 aromatic carbocycles. The zero-order chi connectivity index (χ0) is 13.1. The van der Waals surface area contributed by atoms with Crippen molar-refractivity contribution >= 4 is 15.9 Å². The number of aryl methyl sites for hydroxylation is 1. The topological polar surface area (TPSA) is 20.2 Å². The highest BCUT2D eigenvalue weighted by Crippen LogP contribution is 2.27. The highest BCUT2D eigenvalue weighted by molar-refractivity contribution is 9.10. The number of aliphatic hydroxyl groups is 1. The lowest BCUT2D eigenvalue weighted by Crippen LogP contribution is -2.06. The zero-order valence-electron chi connectivity index (χ0n) is 11.3. The molecule has 1 N–H and O–H groups in total. The molecule has 0 fully saturated rings. The third-order valence-corrected chi connectivity index (χ3v) is 3.86. The largest absolute Gasteiger partial charge is 0.388 e. The lowest BCUT2D eigenvalue weighted by Gasteiger charge is -2.19. The van der Waals surface area contributed by atoms with E-state index in [1.807, 2.05) is 12.1 Å². The summed E-state index contributed by atoms with van der Waals surface area (Å²) in [5.74, 6) is 0. The molecule has 0 radical (unpaired) electrons. The van der Waals surface area contributed by atoms with Gasteiger partial charge in [-0.05, 0) is 42.4 Å². The molecule has 1 unspecified atom stereocenters. The van der Waals surface area contributed by atoms with E-state index in [-0.39, 0.29) is 6.10 Å². The van der Waals surface area contributed by atoms with Crippen LogP contribution in [0.4, 0.5) is 0 Å². The number of rotatable bonds is 4. The van der Waals surface area contributed by atoms with Gasteiger partial charge in [0.15, 0.2) is 0 Å². The minimum Gasteiger partial charge on any atom is -0.388 e. The number of benzene rings is 1. The van der Waals surface area contributed by atoms with Gasteiger partial charge in [0.25, 0.3) is 0 Å². The molecule has 0 aromatic heterocycles. The smallest absolute Gasteiger partial charge is 0.0790 e. The van der Waals surface area contributed by atoms with Crippen LogP contribution < -0.4 is 0 Å². The summed E-state index contributed by atoms with van der Waals surface area (Å²) < 4.78 is 1.10. The van der Waals surface area contributed by atoms with E-state index in [1.165, 1.54) is 5.56 Å². The molecule has 0 amide bonds. The third-order valence-electron chi connectivity index (χ3n) is 2.97. The molecule has 1 rings (SSSR count). The van der Waals surface area contributed by atoms with Crippen LogP contribution in [0.15, 0.2) is 22.7 Å². The van der Waals surface area contributed by atoms with Gasteiger partial charge in [0.1, 0.15) is 0 Å². The summed E-state index contributed by atoms with van der Waals surface area (Å²) in [6.45, 7) is 8.77. The van der Waals surface area contributed by atoms with Gasteiger partial charge in [0.05, 0.1) is 6.10 Å². The lowest BCUT2D eigenvalue weighted by molar-refractivity contribution is 0.158. The van der Waals surface area contributed by atoms with Crippen molar-refractivity contribution in [2.45, 2.75) is 53.1 Å². The molecule has 96 valence electrons. The first-order valence-corrected chi connectivity index (χ1v) is 7.03. The fraction of sp³-hybridized carbons (Fsp3) is 0.600. The van der Waals surface area contributed by atoms with Gasteiger partial charge >= 0.3 is 0 Å². The SMILES string of the molecule is Cc1cc(C(O)CCCC(C)(C)C)ccc1Br. The Balaban J connectivity index is 2.52. The van der Waals surface area contributed by atoms with Crippen molar-refractivity contribution in [3.8, 4) is 0 Å². The van der Waals surface area contributed by atoms with Gasteiger partial charge < -0.3 is 5.11 Å². The summed E-state index contributed by atoms with van der Waals surface area (Å²) in [4.78, 5) is 0. The van der Waals surface area contributed by atoms with Crippen molar-refractivity contribution in [1.82, 2.24) is 0 Å². The summed E-state index contributed by atoms with van der Waals surface area (Å²) in [6.07, 6.45) is 2.74. The average molecular weight is 299 g/mol. The number of halogens is 1. The van der Waals surface area contributed by atoms with Gasteiger partial charge in [0.2, 0.25) is 0 Å². The van der Waals surface area contributed by atoms with E-state index in [0.717, 1.165) is 29.3 Å². The molecule has 0 aliphatic rings. The minimum atomic E-state index is -0.329. The molecule has 0 aliphatic heterocycles. The summed E-state index contributed by atoms with van der Waals surface area (Å²) in [7, 11) is 0. The predicted molar refractivity (Wildman–Crippen MR) is 77.1 cm³/mol. The Morgan fingerprint density at radius 2 is 1.94 bits per heavy atom. The molecular formula is C15H23BrO. The van der Waals surface area contributed by atoms with E-state index >= 15 is 0 Å². The van der Waals surface area contributed by atoms with Crippen molar-refractivity contribution in [3.05, 3.63) is 33.8 Å². The van der Waals surface area contributed by atoms with Crippen molar-refractivity contribution < 1.29 is 5.11 Å². The van der Waals surface area contributed by atoms with Gasteiger partial charge in [-0.3, -0.25) is 0 Å². The zero-order valence-corrected chi connectivity index (χ0v) is 12.8. The molecule has 0 saturated heterocycles. The Bertz CT molecular complexity index is 366. The number of hydrogen-bond acceptors (Lipinski definition) is 1. The Morgan fingerprint density at radius 1 is 1.29 bits per heavy atom. The van der Waals surface area contributed by atoms with Crippen LogP contribution in [0.2, 0.25) is 0 Å². The molecule has 0 saturated carbocycles. The first kappa shape index (κ1) is 14.7. The fourth-order valence-corrected chi connectivity index (χ4v) is 2.11. The van der Waals surface area contributed by atoms with Gasteiger partial charge in [-0.1, -0.05) is 55.3 Å². The molecule has 0 aliphatic carbocycles. The summed E-state index contributed by atoms with van der Waals surface area (Å²) in [5, 5.41) is 10.1. The normalized spacial score (nSPS) is 13.8. The molecular weight excluding hydrogens is 276 g/mol. The highest BCUT2D eigenvalue weighted by Gasteiger charge is 2.13. The molecule has 2 heteroatoms. The maximum Gasteiger partial charge on any atom is 0.0790 e. The van der Waals surface area contributed by atoms with E-state index in [9.17, 15) is 5.11 Å². The Hall–Kier alpha value is -0.340. The maximum atomic E-state index is 10.1. The van der Waals surface area contributed by atoms with Crippen LogP contribution in [0.1, 0.15) is 57.3 Å². The standard InChI is InChI=1S/C15H23BrO/c1-11-10-12(7-8-13(11)16)14(17)6-5-9-15(2,3)4/h7-8,10,14,17H,5-6,9H2,1-4H3. The van der Waals surface area contributed by atoms with Crippen molar-refractivity contribution in [2.24, 2.45) is 5.41 Å². The van der Waals surface area contributed by atoms with Crippen molar-refractivity contribution in [1.29, 1.82) is 0 Å². The quantitative estimate of drug-likeness (QED) is 0.828. The fourth-order valence-electron chi connectivity index (χ4n) is 1.87. The van der Waals surface area contributed by atoms with E-state index in [2.05, 4.69) is 49.7 Å². The Morgan fingerprint density at radius 3 is 2.47 bits per heavy atom. The van der Waals surface area contributed by atoms with Crippen LogP contribution in [0.25, 0.3) is 0 Å². The van der Waals surface area contributed by atoms with Gasteiger partial charge in [-0.2, -0.15) is 0 Å². The number of aliphatic hydroxyl groups excluding tert-OH is 1. The molecule has 0 spiro atoms. The summed E-state index contributed by atoms with van der Waals surface area (Å²) in [5.41, 5.74) is 2.56. The maximum absolute atomic E-state index is 10.1. The molecule has 1 aromatic rings. The van der Waals surface area contributed by atoms with Crippen LogP contribution in [-0.2, 0) is 0 Å². The van der Waals surface area contributed by atoms with Crippen LogP contribution in [-0.4, -0.2) is 5.11 Å². The molecule has 1 nitrogen and oxygen atoms in total. The second-order valence-corrected chi connectivity index (χ2v) is 6.83. The van der Waals surface area contributed by atoms with Gasteiger partial charge in [-0.15, -0.1) is 0 Å². The van der Waals surface area contributed by atoms with Crippen molar-refractivity contribution in [3.63, 3.8) is 0 Å². The van der Waals surface area contributed by atoms with Crippen molar-refractivity contribution in [2.75, 3.05) is 0 Å². The Kier molecular flexibility index (Phi) is 5.21. The van der Waals surface area contributed by atoms with Gasteiger partial charge in [0, 0.05) is 4.47 Å². The average Bonchev–Trinajstić information content (AvgIpc) is 2.20. The van der Waals surface area contributed by atoms with E-state index < -0.39 is 0 Å². The number of hydrogen-bond donors (Lipinski definition) is 1. The second kappa shape index (κ2) is 6.01. The first-order chi connectivity index (χ1) is 7.79. The van der Waals surface area contributed by atoms with E-state index in [0.29, 0.717) is 5.41 Å². The molecule has 1 atom stereocenters. The van der Waals surface area contributed by atoms with Gasteiger partial charge in [-0.25, -0.2) is 0 Å². The first-order valence-electron chi connectivity index (χ1n) is 6.24. The minimum absolute atomic E-state index is 0.329. The highest BCUT2D eigenvalue weighted by atomic mass is 79.9. The molecule has 0 heterocycles. The monoisotopic (exact) mass is 298 g/mol. The molecule has 17 heavy (non-hydrogen) atoms. The van der Waals surface area contributed by atoms with Crippen LogP contribution in [0, 0.1) is 12.3 Å². The van der Waals surface area contributed by atoms with E-state index in [4.69, 9.17) is 0 Å². The summed E-state index contributed by atoms with van der Waals surface area (Å²) in [6, 6.07) is 6.07. The Labute approximate surface area is 113 Å². The van der Waals surface area contributed by atoms with Crippen LogP contribution in [0.3, 0.4) is 0 Å². The molecule has 0 bridgehead atoms.